The minimum Gasteiger partial charge on any atom is -0.450 e. The first-order valence-corrected chi connectivity index (χ1v) is 11.2. The number of hydrogen-bond donors (Lipinski definition) is 1. The van der Waals surface area contributed by atoms with E-state index in [1.165, 1.54) is 30.0 Å². The maximum absolute atomic E-state index is 13.2. The molecule has 3 amide bonds. The van der Waals surface area contributed by atoms with Gasteiger partial charge in [0.25, 0.3) is 11.1 Å². The van der Waals surface area contributed by atoms with Crippen LogP contribution in [0.25, 0.3) is 6.08 Å². The number of thioether (sulfide) groups is 1. The molecule has 1 aromatic heterocycles. The summed E-state index contributed by atoms with van der Waals surface area (Å²) in [4.78, 5) is 39.1. The number of nitrogens with one attached hydrogen (secondary N) is 1. The highest BCUT2D eigenvalue weighted by atomic mass is 35.5. The minimum atomic E-state index is -0.621. The summed E-state index contributed by atoms with van der Waals surface area (Å²) in [5.74, 6) is -1.42. The van der Waals surface area contributed by atoms with Crippen molar-refractivity contribution in [2.24, 2.45) is 0 Å². The SMILES string of the molecule is O=C(CN1C(=O)S/C(=C\c2ccc(Sc3ccccc3)o2)C1=O)Nc1ccc(F)c(Cl)c1. The third-order valence-corrected chi connectivity index (χ3v) is 6.34. The number of halogens is 2. The first kappa shape index (κ1) is 22.2. The molecule has 0 unspecified atom stereocenters. The smallest absolute Gasteiger partial charge is 0.294 e. The molecule has 1 N–H and O–H groups in total. The number of carbonyl (C=O) groups excluding carboxylic acids is 3. The third kappa shape index (κ3) is 5.24. The van der Waals surface area contributed by atoms with Crippen molar-refractivity contribution in [3.05, 3.63) is 82.2 Å². The predicted molar refractivity (Wildman–Crippen MR) is 122 cm³/mol. The Labute approximate surface area is 195 Å². The summed E-state index contributed by atoms with van der Waals surface area (Å²) in [6, 6.07) is 16.8. The van der Waals surface area contributed by atoms with Gasteiger partial charge >= 0.3 is 0 Å². The highest BCUT2D eigenvalue weighted by molar-refractivity contribution is 8.18. The number of imide groups is 1. The molecule has 3 aromatic rings. The van der Waals surface area contributed by atoms with Gasteiger partial charge in [0.1, 0.15) is 18.1 Å². The van der Waals surface area contributed by atoms with Crippen molar-refractivity contribution in [2.45, 2.75) is 9.99 Å². The fourth-order valence-corrected chi connectivity index (χ4v) is 4.55. The summed E-state index contributed by atoms with van der Waals surface area (Å²) in [5, 5.41) is 2.40. The molecule has 10 heteroatoms. The maximum atomic E-state index is 13.2. The topological polar surface area (TPSA) is 79.6 Å². The molecule has 0 atom stereocenters. The summed E-state index contributed by atoms with van der Waals surface area (Å²) in [6.07, 6.45) is 1.47. The van der Waals surface area contributed by atoms with Gasteiger partial charge in [-0.2, -0.15) is 0 Å². The monoisotopic (exact) mass is 488 g/mol. The van der Waals surface area contributed by atoms with E-state index in [2.05, 4.69) is 5.32 Å². The van der Waals surface area contributed by atoms with Crippen LogP contribution >= 0.6 is 35.1 Å². The normalized spacial score (nSPS) is 14.9. The fraction of sp³-hybridized carbons (Fsp3) is 0.0455. The summed E-state index contributed by atoms with van der Waals surface area (Å²) in [6.45, 7) is -0.482. The number of furan rings is 1. The quantitative estimate of drug-likeness (QED) is 0.435. The van der Waals surface area contributed by atoms with Gasteiger partial charge in [-0.15, -0.1) is 0 Å². The molecule has 4 rings (SSSR count). The lowest BCUT2D eigenvalue weighted by Crippen LogP contribution is -2.36. The Hall–Kier alpha value is -3.01. The number of amides is 3. The Morgan fingerprint density at radius 2 is 1.94 bits per heavy atom. The fourth-order valence-electron chi connectivity index (χ4n) is 2.75. The molecule has 6 nitrogen and oxygen atoms in total. The van der Waals surface area contributed by atoms with Gasteiger partial charge in [0.15, 0.2) is 5.09 Å². The molecule has 32 heavy (non-hydrogen) atoms. The average Bonchev–Trinajstić information content (AvgIpc) is 3.31. The number of nitrogens with zero attached hydrogens (tertiary/aromatic N) is 1. The molecule has 1 saturated heterocycles. The van der Waals surface area contributed by atoms with Crippen LogP contribution in [0.5, 0.6) is 0 Å². The van der Waals surface area contributed by atoms with Crippen LogP contribution in [0.3, 0.4) is 0 Å². The first-order chi connectivity index (χ1) is 15.4. The largest absolute Gasteiger partial charge is 0.450 e. The Kier molecular flexibility index (Phi) is 6.69. The Morgan fingerprint density at radius 1 is 1.16 bits per heavy atom. The zero-order chi connectivity index (χ0) is 22.7. The molecule has 0 spiro atoms. The molecule has 1 aliphatic rings. The van der Waals surface area contributed by atoms with Crippen molar-refractivity contribution < 1.29 is 23.2 Å². The van der Waals surface area contributed by atoms with E-state index in [0.29, 0.717) is 10.9 Å². The Balaban J connectivity index is 1.40. The van der Waals surface area contributed by atoms with Gasteiger partial charge in [-0.1, -0.05) is 41.6 Å². The molecular formula is C22H14ClFN2O4S2. The number of benzene rings is 2. The number of carbonyl (C=O) groups is 3. The van der Waals surface area contributed by atoms with Crippen LogP contribution in [0, 0.1) is 5.82 Å². The predicted octanol–water partition coefficient (Wildman–Crippen LogP) is 5.90. The maximum Gasteiger partial charge on any atom is 0.294 e. The molecule has 1 aliphatic heterocycles. The van der Waals surface area contributed by atoms with Crippen LogP contribution < -0.4 is 5.32 Å². The summed E-state index contributed by atoms with van der Waals surface area (Å²) in [5.41, 5.74) is 0.253. The molecule has 1 fully saturated rings. The van der Waals surface area contributed by atoms with Gasteiger partial charge in [0.2, 0.25) is 5.91 Å². The molecule has 2 aromatic carbocycles. The molecule has 0 bridgehead atoms. The summed E-state index contributed by atoms with van der Waals surface area (Å²) >= 11 is 7.84. The van der Waals surface area contributed by atoms with Crippen LogP contribution in [0.15, 0.2) is 80.0 Å². The zero-order valence-corrected chi connectivity index (χ0v) is 18.6. The molecule has 0 aliphatic carbocycles. The van der Waals surface area contributed by atoms with E-state index in [9.17, 15) is 18.8 Å². The van der Waals surface area contributed by atoms with Crippen LogP contribution in [0.4, 0.5) is 14.9 Å². The minimum absolute atomic E-state index is 0.151. The number of hydrogen-bond acceptors (Lipinski definition) is 6. The Bertz CT molecular complexity index is 1230. The van der Waals surface area contributed by atoms with Crippen molar-refractivity contribution in [1.82, 2.24) is 4.90 Å². The zero-order valence-electron chi connectivity index (χ0n) is 16.2. The van der Waals surface area contributed by atoms with Gasteiger partial charge in [-0.25, -0.2) is 4.39 Å². The molecular weight excluding hydrogens is 475 g/mol. The van der Waals surface area contributed by atoms with Crippen molar-refractivity contribution in [3.63, 3.8) is 0 Å². The second-order valence-corrected chi connectivity index (χ2v) is 9.00. The highest BCUT2D eigenvalue weighted by Crippen LogP contribution is 2.34. The molecule has 162 valence electrons. The third-order valence-electron chi connectivity index (χ3n) is 4.22. The van der Waals surface area contributed by atoms with E-state index in [1.807, 2.05) is 30.3 Å². The van der Waals surface area contributed by atoms with E-state index in [-0.39, 0.29) is 15.6 Å². The van der Waals surface area contributed by atoms with Gasteiger partial charge in [-0.3, -0.25) is 19.3 Å². The van der Waals surface area contributed by atoms with Gasteiger partial charge in [0.05, 0.1) is 9.93 Å². The summed E-state index contributed by atoms with van der Waals surface area (Å²) in [7, 11) is 0. The lowest BCUT2D eigenvalue weighted by atomic mass is 10.3. The summed E-state index contributed by atoms with van der Waals surface area (Å²) < 4.78 is 19.0. The molecule has 0 saturated carbocycles. The van der Waals surface area contributed by atoms with E-state index in [4.69, 9.17) is 16.0 Å². The molecule has 2 heterocycles. The van der Waals surface area contributed by atoms with E-state index in [0.717, 1.165) is 27.6 Å². The van der Waals surface area contributed by atoms with Crippen LogP contribution in [-0.2, 0) is 9.59 Å². The van der Waals surface area contributed by atoms with E-state index in [1.54, 1.807) is 12.1 Å². The van der Waals surface area contributed by atoms with E-state index >= 15 is 0 Å². The second kappa shape index (κ2) is 9.64. The van der Waals surface area contributed by atoms with Crippen LogP contribution in [-0.4, -0.2) is 28.5 Å². The lowest BCUT2D eigenvalue weighted by Gasteiger charge is -2.12. The van der Waals surface area contributed by atoms with Crippen molar-refractivity contribution in [3.8, 4) is 0 Å². The van der Waals surface area contributed by atoms with Gasteiger partial charge in [0, 0.05) is 16.7 Å². The van der Waals surface area contributed by atoms with Crippen molar-refractivity contribution in [2.75, 3.05) is 11.9 Å². The standard InChI is InChI=1S/C22H14ClFN2O4S2/c23-16-10-13(6-8-17(16)24)25-19(27)12-26-21(28)18(32-22(26)29)11-14-7-9-20(30-14)31-15-4-2-1-3-5-15/h1-11H,12H2,(H,25,27)/b18-11-. The van der Waals surface area contributed by atoms with Gasteiger partial charge in [-0.05, 0) is 54.2 Å². The first-order valence-electron chi connectivity index (χ1n) is 9.22. The van der Waals surface area contributed by atoms with Crippen LogP contribution in [0.2, 0.25) is 5.02 Å². The lowest BCUT2D eigenvalue weighted by molar-refractivity contribution is -0.127. The second-order valence-electron chi connectivity index (χ2n) is 6.52. The number of anilines is 1. The molecule has 0 radical (unpaired) electrons. The van der Waals surface area contributed by atoms with E-state index < -0.39 is 29.4 Å². The van der Waals surface area contributed by atoms with Crippen molar-refractivity contribution in [1.29, 1.82) is 0 Å². The van der Waals surface area contributed by atoms with Crippen LogP contribution in [0.1, 0.15) is 5.76 Å². The highest BCUT2D eigenvalue weighted by Gasteiger charge is 2.36. The van der Waals surface area contributed by atoms with Gasteiger partial charge < -0.3 is 9.73 Å². The average molecular weight is 489 g/mol. The van der Waals surface area contributed by atoms with Crippen molar-refractivity contribution >= 4 is 63.9 Å². The Morgan fingerprint density at radius 3 is 2.69 bits per heavy atom. The number of rotatable bonds is 6.